The van der Waals surface area contributed by atoms with E-state index < -0.39 is 0 Å². The Labute approximate surface area is 200 Å². The number of rotatable bonds is 3. The Kier molecular flexibility index (Phi) is 6.58. The number of halogens is 2. The Balaban J connectivity index is 1.78. The minimum Gasteiger partial charge on any atom is -0.508 e. The summed E-state index contributed by atoms with van der Waals surface area (Å²) in [5.74, 6) is -0.156. The van der Waals surface area contributed by atoms with Gasteiger partial charge in [0.2, 0.25) is 0 Å². The van der Waals surface area contributed by atoms with Crippen molar-refractivity contribution in [3.05, 3.63) is 76.3 Å². The summed E-state index contributed by atoms with van der Waals surface area (Å²) >= 11 is 12.4. The molecule has 1 saturated carbocycles. The molecule has 0 radical (unpaired) electrons. The van der Waals surface area contributed by atoms with Gasteiger partial charge in [-0.25, -0.2) is 9.98 Å². The number of phenolic OH excluding ortho intramolecular Hbond substituents is 2. The smallest absolute Gasteiger partial charge is 0.183 e. The first kappa shape index (κ1) is 22.7. The highest BCUT2D eigenvalue weighted by Crippen LogP contribution is 2.32. The first-order chi connectivity index (χ1) is 15.8. The molecule has 0 heterocycles. The molecule has 4 rings (SSSR count). The molecular formula is C25H19Cl2N3O3. The Morgan fingerprint density at radius 1 is 0.697 bits per heavy atom. The number of carbonyl (C=O) groups is 1. The Morgan fingerprint density at radius 3 is 1.76 bits per heavy atom. The third-order valence-corrected chi connectivity index (χ3v) is 5.59. The van der Waals surface area contributed by atoms with E-state index in [0.29, 0.717) is 28.5 Å². The average Bonchev–Trinajstić information content (AvgIpc) is 2.76. The van der Waals surface area contributed by atoms with Crippen LogP contribution in [0.1, 0.15) is 18.4 Å². The number of ketones is 1. The molecule has 1 fully saturated rings. The lowest BCUT2D eigenvalue weighted by Crippen LogP contribution is -2.33. The van der Waals surface area contributed by atoms with Crippen LogP contribution in [-0.2, 0) is 4.79 Å². The van der Waals surface area contributed by atoms with Crippen LogP contribution in [-0.4, -0.2) is 33.1 Å². The number of carbonyl (C=O) groups excluding carboxylic acids is 1. The molecule has 1 aliphatic rings. The van der Waals surface area contributed by atoms with E-state index in [9.17, 15) is 15.0 Å². The number of hydrogen-bond acceptors (Lipinski definition) is 6. The molecule has 0 aromatic heterocycles. The van der Waals surface area contributed by atoms with Gasteiger partial charge in [0.05, 0.1) is 50.7 Å². The molecule has 0 spiro atoms. The first-order valence-corrected chi connectivity index (χ1v) is 10.8. The van der Waals surface area contributed by atoms with Gasteiger partial charge in [-0.05, 0) is 43.3 Å². The van der Waals surface area contributed by atoms with Gasteiger partial charge >= 0.3 is 0 Å². The summed E-state index contributed by atoms with van der Waals surface area (Å²) in [7, 11) is 0. The van der Waals surface area contributed by atoms with Crippen molar-refractivity contribution in [2.75, 3.05) is 0 Å². The zero-order valence-corrected chi connectivity index (χ0v) is 19.1. The second kappa shape index (κ2) is 9.57. The maximum Gasteiger partial charge on any atom is 0.183 e. The number of aromatic hydroxyl groups is 2. The molecule has 2 N–H and O–H groups in total. The van der Waals surface area contributed by atoms with Crippen molar-refractivity contribution in [3.8, 4) is 11.5 Å². The summed E-state index contributed by atoms with van der Waals surface area (Å²) in [4.78, 5) is 26.7. The fourth-order valence-electron chi connectivity index (χ4n) is 3.26. The van der Waals surface area contributed by atoms with Gasteiger partial charge in [0.25, 0.3) is 0 Å². The molecule has 1 aliphatic carbocycles. The summed E-state index contributed by atoms with van der Waals surface area (Å²) in [6.45, 7) is 1.98. The maximum absolute atomic E-state index is 12.9. The molecule has 0 unspecified atom stereocenters. The minimum atomic E-state index is -0.194. The van der Waals surface area contributed by atoms with E-state index in [1.54, 1.807) is 12.1 Å². The molecule has 0 bridgehead atoms. The third-order valence-electron chi connectivity index (χ3n) is 4.99. The number of benzene rings is 3. The zero-order valence-electron chi connectivity index (χ0n) is 17.6. The Morgan fingerprint density at radius 2 is 1.21 bits per heavy atom. The van der Waals surface area contributed by atoms with Crippen molar-refractivity contribution in [2.45, 2.75) is 19.8 Å². The molecule has 0 amide bonds. The van der Waals surface area contributed by atoms with Crippen molar-refractivity contribution in [2.24, 2.45) is 15.0 Å². The van der Waals surface area contributed by atoms with Gasteiger partial charge in [-0.1, -0.05) is 40.9 Å². The van der Waals surface area contributed by atoms with Crippen molar-refractivity contribution < 1.29 is 15.0 Å². The molecule has 33 heavy (non-hydrogen) atoms. The van der Waals surface area contributed by atoms with Gasteiger partial charge < -0.3 is 10.2 Å². The van der Waals surface area contributed by atoms with Crippen LogP contribution >= 0.6 is 23.2 Å². The second-order valence-electron chi connectivity index (χ2n) is 7.56. The van der Waals surface area contributed by atoms with Gasteiger partial charge in [-0.15, -0.1) is 0 Å². The fraction of sp³-hybridized carbons (Fsp3) is 0.120. The second-order valence-corrected chi connectivity index (χ2v) is 8.37. The predicted molar refractivity (Wildman–Crippen MR) is 133 cm³/mol. The predicted octanol–water partition coefficient (Wildman–Crippen LogP) is 6.69. The van der Waals surface area contributed by atoms with E-state index in [1.807, 2.05) is 31.2 Å². The lowest BCUT2D eigenvalue weighted by molar-refractivity contribution is -0.112. The molecule has 3 aromatic rings. The highest BCUT2D eigenvalue weighted by atomic mass is 35.5. The number of Topliss-reactive ketones (excluding diaryl/α,β-unsaturated/α-hetero) is 1. The first-order valence-electron chi connectivity index (χ1n) is 10.1. The summed E-state index contributed by atoms with van der Waals surface area (Å²) in [6, 6.07) is 16.5. The largest absolute Gasteiger partial charge is 0.508 e. The van der Waals surface area contributed by atoms with E-state index in [-0.39, 0.29) is 45.9 Å². The highest BCUT2D eigenvalue weighted by molar-refractivity contribution is 6.62. The Hall–Kier alpha value is -3.48. The van der Waals surface area contributed by atoms with Gasteiger partial charge in [0, 0.05) is 18.6 Å². The molecule has 0 atom stereocenters. The summed E-state index contributed by atoms with van der Waals surface area (Å²) in [5, 5.41) is 19.7. The van der Waals surface area contributed by atoms with Gasteiger partial charge in [-0.2, -0.15) is 0 Å². The van der Waals surface area contributed by atoms with Gasteiger partial charge in [0.1, 0.15) is 11.5 Å². The summed E-state index contributed by atoms with van der Waals surface area (Å²) < 4.78 is 0. The standard InChI is InChI=1S/C25H19Cl2N3O3/c1-14-2-4-15(5-3-14)28-23-13-25(33)24(30-21-9-7-17(32)11-19(21)27)12-22(23)29-20-8-6-16(31)10-18(20)26/h2-11,31-32H,12-13H2,1H3. The number of aryl methyl sites for hydroxylation is 1. The molecule has 8 heteroatoms. The van der Waals surface area contributed by atoms with Crippen LogP contribution in [0.5, 0.6) is 11.5 Å². The fourth-order valence-corrected chi connectivity index (χ4v) is 3.70. The zero-order chi connectivity index (χ0) is 23.5. The molecule has 3 aromatic carbocycles. The van der Waals surface area contributed by atoms with Crippen LogP contribution in [0.4, 0.5) is 17.1 Å². The van der Waals surface area contributed by atoms with E-state index in [4.69, 9.17) is 23.2 Å². The summed E-state index contributed by atoms with van der Waals surface area (Å²) in [6.07, 6.45) is 0.134. The highest BCUT2D eigenvalue weighted by Gasteiger charge is 2.28. The van der Waals surface area contributed by atoms with Crippen LogP contribution < -0.4 is 0 Å². The van der Waals surface area contributed by atoms with Crippen LogP contribution in [0.15, 0.2) is 75.6 Å². The van der Waals surface area contributed by atoms with Crippen molar-refractivity contribution in [1.29, 1.82) is 0 Å². The summed E-state index contributed by atoms with van der Waals surface area (Å²) in [5.41, 5.74) is 3.95. The van der Waals surface area contributed by atoms with E-state index in [0.717, 1.165) is 5.56 Å². The van der Waals surface area contributed by atoms with Crippen LogP contribution in [0, 0.1) is 6.92 Å². The maximum atomic E-state index is 12.9. The average molecular weight is 480 g/mol. The van der Waals surface area contributed by atoms with Gasteiger partial charge in [-0.3, -0.25) is 9.79 Å². The minimum absolute atomic E-state index is 0.00987. The third kappa shape index (κ3) is 5.48. The molecular weight excluding hydrogens is 461 g/mol. The Bertz CT molecular complexity index is 1330. The normalized spacial score (nSPS) is 17.8. The lowest BCUT2D eigenvalue weighted by atomic mass is 9.92. The van der Waals surface area contributed by atoms with Crippen molar-refractivity contribution in [1.82, 2.24) is 0 Å². The van der Waals surface area contributed by atoms with Gasteiger partial charge in [0.15, 0.2) is 5.78 Å². The SMILES string of the molecule is Cc1ccc(N=C2CC(=O)C(=Nc3ccc(O)cc3Cl)CC2=Nc2ccc(O)cc2Cl)cc1. The molecule has 0 aliphatic heterocycles. The molecule has 0 saturated heterocycles. The number of hydrogen-bond donors (Lipinski definition) is 2. The topological polar surface area (TPSA) is 94.6 Å². The number of phenols is 2. The van der Waals surface area contributed by atoms with Crippen molar-refractivity contribution >= 4 is 63.2 Å². The lowest BCUT2D eigenvalue weighted by Gasteiger charge is -2.18. The van der Waals surface area contributed by atoms with E-state index in [2.05, 4.69) is 15.0 Å². The van der Waals surface area contributed by atoms with Crippen LogP contribution in [0.3, 0.4) is 0 Å². The quantitative estimate of drug-likeness (QED) is 0.437. The molecule has 166 valence electrons. The van der Waals surface area contributed by atoms with Crippen molar-refractivity contribution in [3.63, 3.8) is 0 Å². The van der Waals surface area contributed by atoms with Crippen LogP contribution in [0.25, 0.3) is 0 Å². The number of nitrogens with zero attached hydrogens (tertiary/aromatic N) is 3. The monoisotopic (exact) mass is 479 g/mol. The van der Waals surface area contributed by atoms with Crippen LogP contribution in [0.2, 0.25) is 10.0 Å². The molecule has 6 nitrogen and oxygen atoms in total. The van der Waals surface area contributed by atoms with E-state index >= 15 is 0 Å². The van der Waals surface area contributed by atoms with E-state index in [1.165, 1.54) is 24.3 Å². The number of aliphatic imine (C=N–C) groups is 3.